The van der Waals surface area contributed by atoms with Crippen molar-refractivity contribution in [2.75, 3.05) is 26.2 Å². The molecule has 0 atom stereocenters. The highest BCUT2D eigenvalue weighted by atomic mass is 79.9. The third-order valence-corrected chi connectivity index (χ3v) is 5.41. The van der Waals surface area contributed by atoms with Crippen molar-refractivity contribution in [2.24, 2.45) is 0 Å². The quantitative estimate of drug-likeness (QED) is 0.750. The van der Waals surface area contributed by atoms with Crippen LogP contribution in [-0.4, -0.2) is 46.9 Å². The van der Waals surface area contributed by atoms with E-state index in [0.717, 1.165) is 41.4 Å². The van der Waals surface area contributed by atoms with E-state index < -0.39 is 0 Å². The van der Waals surface area contributed by atoms with E-state index in [1.54, 1.807) is 17.4 Å². The number of nitrogens with zero attached hydrogens (tertiary/aromatic N) is 3. The first-order valence-electron chi connectivity index (χ1n) is 7.54. The molecule has 120 valence electrons. The smallest absolute Gasteiger partial charge is 0.246 e. The van der Waals surface area contributed by atoms with Gasteiger partial charge < -0.3 is 4.90 Å². The number of halogens is 1. The molecule has 3 rings (SSSR count). The third kappa shape index (κ3) is 4.73. The van der Waals surface area contributed by atoms with Crippen molar-refractivity contribution in [1.29, 1.82) is 0 Å². The van der Waals surface area contributed by atoms with E-state index in [1.165, 1.54) is 5.56 Å². The molecule has 1 aliphatic rings. The predicted octanol–water partition coefficient (Wildman–Crippen LogP) is 3.26. The highest BCUT2D eigenvalue weighted by molar-refractivity contribution is 9.11. The molecule has 23 heavy (non-hydrogen) atoms. The number of pyridine rings is 1. The van der Waals surface area contributed by atoms with Crippen LogP contribution < -0.4 is 0 Å². The number of carbonyl (C=O) groups is 1. The van der Waals surface area contributed by atoms with Crippen molar-refractivity contribution < 1.29 is 4.79 Å². The standard InChI is InChI=1S/C17H18BrN3OS/c18-16-3-1-15(23-16)2-4-17(22)21-11-9-20(10-12-21)13-14-5-7-19-8-6-14/h1-8H,9-13H2. The molecule has 4 nitrogen and oxygen atoms in total. The van der Waals surface area contributed by atoms with Gasteiger partial charge in [0, 0.05) is 56.1 Å². The Labute approximate surface area is 148 Å². The highest BCUT2D eigenvalue weighted by Crippen LogP contribution is 2.23. The van der Waals surface area contributed by atoms with Crippen LogP contribution in [0.5, 0.6) is 0 Å². The van der Waals surface area contributed by atoms with E-state index in [1.807, 2.05) is 47.6 Å². The van der Waals surface area contributed by atoms with Crippen molar-refractivity contribution in [2.45, 2.75) is 6.54 Å². The van der Waals surface area contributed by atoms with Gasteiger partial charge in [0.1, 0.15) is 0 Å². The molecule has 0 radical (unpaired) electrons. The second kappa shape index (κ2) is 7.86. The van der Waals surface area contributed by atoms with E-state index in [4.69, 9.17) is 0 Å². The van der Waals surface area contributed by atoms with Gasteiger partial charge in [-0.2, -0.15) is 0 Å². The first-order valence-corrected chi connectivity index (χ1v) is 9.15. The van der Waals surface area contributed by atoms with Gasteiger partial charge in [-0.05, 0) is 51.8 Å². The fraction of sp³-hybridized carbons (Fsp3) is 0.294. The normalized spacial score (nSPS) is 16.1. The summed E-state index contributed by atoms with van der Waals surface area (Å²) in [5.41, 5.74) is 1.27. The Hall–Kier alpha value is -1.50. The van der Waals surface area contributed by atoms with Crippen LogP contribution >= 0.6 is 27.3 Å². The molecule has 1 amide bonds. The molecule has 0 N–H and O–H groups in total. The molecule has 2 aromatic rings. The molecule has 0 spiro atoms. The zero-order valence-electron chi connectivity index (χ0n) is 12.7. The maximum Gasteiger partial charge on any atom is 0.246 e. The zero-order valence-corrected chi connectivity index (χ0v) is 15.1. The zero-order chi connectivity index (χ0) is 16.1. The molecule has 0 bridgehead atoms. The summed E-state index contributed by atoms with van der Waals surface area (Å²) < 4.78 is 1.08. The van der Waals surface area contributed by atoms with Gasteiger partial charge in [-0.15, -0.1) is 11.3 Å². The van der Waals surface area contributed by atoms with Gasteiger partial charge in [0.05, 0.1) is 3.79 Å². The Morgan fingerprint density at radius 2 is 1.91 bits per heavy atom. The van der Waals surface area contributed by atoms with Crippen LogP contribution in [0, 0.1) is 0 Å². The highest BCUT2D eigenvalue weighted by Gasteiger charge is 2.19. The number of piperazine rings is 1. The molecule has 2 aromatic heterocycles. The lowest BCUT2D eigenvalue weighted by Gasteiger charge is -2.34. The molecular weight excluding hydrogens is 374 g/mol. The summed E-state index contributed by atoms with van der Waals surface area (Å²) in [6.45, 7) is 4.30. The van der Waals surface area contributed by atoms with Crippen molar-refractivity contribution in [3.8, 4) is 0 Å². The average molecular weight is 392 g/mol. The first kappa shape index (κ1) is 16.4. The molecule has 0 unspecified atom stereocenters. The average Bonchev–Trinajstić information content (AvgIpc) is 3.00. The number of aromatic nitrogens is 1. The largest absolute Gasteiger partial charge is 0.337 e. The van der Waals surface area contributed by atoms with Gasteiger partial charge in [-0.25, -0.2) is 0 Å². The summed E-state index contributed by atoms with van der Waals surface area (Å²) in [5.74, 6) is 0.0954. The van der Waals surface area contributed by atoms with Crippen LogP contribution in [0.3, 0.4) is 0 Å². The fourth-order valence-electron chi connectivity index (χ4n) is 2.55. The Kier molecular flexibility index (Phi) is 5.59. The van der Waals surface area contributed by atoms with E-state index in [0.29, 0.717) is 0 Å². The van der Waals surface area contributed by atoms with Gasteiger partial charge in [0.15, 0.2) is 0 Å². The minimum Gasteiger partial charge on any atom is -0.337 e. The van der Waals surface area contributed by atoms with Crippen LogP contribution in [0.2, 0.25) is 0 Å². The topological polar surface area (TPSA) is 36.4 Å². The van der Waals surface area contributed by atoms with Gasteiger partial charge in [0.25, 0.3) is 0 Å². The van der Waals surface area contributed by atoms with Gasteiger partial charge in [0.2, 0.25) is 5.91 Å². The second-order valence-electron chi connectivity index (χ2n) is 5.43. The molecule has 0 aromatic carbocycles. The third-order valence-electron chi connectivity index (χ3n) is 3.82. The molecule has 3 heterocycles. The molecule has 0 saturated carbocycles. The summed E-state index contributed by atoms with van der Waals surface area (Å²) in [4.78, 5) is 21.7. The number of amides is 1. The Bertz CT molecular complexity index is 678. The Morgan fingerprint density at radius 3 is 2.57 bits per heavy atom. The van der Waals surface area contributed by atoms with Crippen molar-refractivity contribution >= 4 is 39.2 Å². The van der Waals surface area contributed by atoms with E-state index in [-0.39, 0.29) is 5.91 Å². The van der Waals surface area contributed by atoms with E-state index in [9.17, 15) is 4.79 Å². The number of thiophene rings is 1. The van der Waals surface area contributed by atoms with E-state index in [2.05, 4.69) is 25.8 Å². The molecule has 6 heteroatoms. The lowest BCUT2D eigenvalue weighted by molar-refractivity contribution is -0.127. The van der Waals surface area contributed by atoms with Crippen molar-refractivity contribution in [1.82, 2.24) is 14.8 Å². The second-order valence-corrected chi connectivity index (χ2v) is 7.93. The lowest BCUT2D eigenvalue weighted by Crippen LogP contribution is -2.47. The number of rotatable bonds is 4. The minimum atomic E-state index is 0.0954. The SMILES string of the molecule is O=C(C=Cc1ccc(Br)s1)N1CCN(Cc2ccncc2)CC1. The fourth-order valence-corrected chi connectivity index (χ4v) is 3.88. The van der Waals surface area contributed by atoms with Crippen LogP contribution in [0.15, 0.2) is 46.5 Å². The molecule has 1 fully saturated rings. The number of hydrogen-bond acceptors (Lipinski definition) is 4. The lowest BCUT2D eigenvalue weighted by atomic mass is 10.2. The maximum absolute atomic E-state index is 12.2. The van der Waals surface area contributed by atoms with Crippen molar-refractivity contribution in [3.63, 3.8) is 0 Å². The van der Waals surface area contributed by atoms with E-state index >= 15 is 0 Å². The van der Waals surface area contributed by atoms with Gasteiger partial charge >= 0.3 is 0 Å². The van der Waals surface area contributed by atoms with Crippen LogP contribution in [-0.2, 0) is 11.3 Å². The van der Waals surface area contributed by atoms with Crippen LogP contribution in [0.4, 0.5) is 0 Å². The molecular formula is C17H18BrN3OS. The first-order chi connectivity index (χ1) is 11.2. The number of hydrogen-bond donors (Lipinski definition) is 0. The predicted molar refractivity (Wildman–Crippen MR) is 97.1 cm³/mol. The van der Waals surface area contributed by atoms with Crippen molar-refractivity contribution in [3.05, 3.63) is 57.0 Å². The van der Waals surface area contributed by atoms with Crippen LogP contribution in [0.1, 0.15) is 10.4 Å². The monoisotopic (exact) mass is 391 g/mol. The van der Waals surface area contributed by atoms with Gasteiger partial charge in [-0.3, -0.25) is 14.7 Å². The maximum atomic E-state index is 12.2. The van der Waals surface area contributed by atoms with Crippen LogP contribution in [0.25, 0.3) is 6.08 Å². The van der Waals surface area contributed by atoms with Gasteiger partial charge in [-0.1, -0.05) is 0 Å². The minimum absolute atomic E-state index is 0.0954. The summed E-state index contributed by atoms with van der Waals surface area (Å²) in [7, 11) is 0. The summed E-state index contributed by atoms with van der Waals surface area (Å²) in [6, 6.07) is 8.08. The Balaban J connectivity index is 1.48. The molecule has 0 aliphatic carbocycles. The Morgan fingerprint density at radius 1 is 1.17 bits per heavy atom. The molecule has 1 saturated heterocycles. The summed E-state index contributed by atoms with van der Waals surface area (Å²) in [6.07, 6.45) is 7.21. The molecule has 1 aliphatic heterocycles. The summed E-state index contributed by atoms with van der Waals surface area (Å²) >= 11 is 5.05. The summed E-state index contributed by atoms with van der Waals surface area (Å²) in [5, 5.41) is 0. The number of carbonyl (C=O) groups excluding carboxylic acids is 1.